The number of fused-ring (bicyclic) bond motifs is 4. The highest BCUT2D eigenvalue weighted by molar-refractivity contribution is 6.04. The van der Waals surface area contributed by atoms with Crippen molar-refractivity contribution in [3.05, 3.63) is 42.2 Å². The quantitative estimate of drug-likeness (QED) is 0.557. The summed E-state index contributed by atoms with van der Waals surface area (Å²) in [5.41, 5.74) is 0.790. The van der Waals surface area contributed by atoms with Gasteiger partial charge in [0.15, 0.2) is 17.5 Å². The molecule has 0 aromatic carbocycles. The first-order valence-corrected chi connectivity index (χ1v) is 11.1. The van der Waals surface area contributed by atoms with Crippen LogP contribution in [-0.4, -0.2) is 63.2 Å². The van der Waals surface area contributed by atoms with Gasteiger partial charge >= 0.3 is 12.2 Å². The van der Waals surface area contributed by atoms with Gasteiger partial charge in [0.2, 0.25) is 5.95 Å². The highest BCUT2D eigenvalue weighted by atomic mass is 19.4. The minimum absolute atomic E-state index is 0.0152. The topological polar surface area (TPSA) is 129 Å². The molecule has 11 nitrogen and oxygen atoms in total. The van der Waals surface area contributed by atoms with Crippen molar-refractivity contribution >= 4 is 29.4 Å². The van der Waals surface area contributed by atoms with Crippen LogP contribution in [0, 0.1) is 6.92 Å². The number of hydrogen-bond acceptors (Lipinski definition) is 8. The number of oxazole rings is 1. The van der Waals surface area contributed by atoms with Gasteiger partial charge in [-0.05, 0) is 31.5 Å². The number of urea groups is 1. The lowest BCUT2D eigenvalue weighted by Crippen LogP contribution is -2.49. The number of nitrogens with one attached hydrogen (secondary N) is 2. The molecule has 2 bridgehead atoms. The average Bonchev–Trinajstić information content (AvgIpc) is 3.45. The molecule has 5 heterocycles. The van der Waals surface area contributed by atoms with Crippen molar-refractivity contribution in [1.82, 2.24) is 25.3 Å². The van der Waals surface area contributed by atoms with E-state index in [2.05, 4.69) is 25.3 Å². The van der Waals surface area contributed by atoms with Crippen molar-refractivity contribution in [2.45, 2.75) is 38.5 Å². The summed E-state index contributed by atoms with van der Waals surface area (Å²) in [7, 11) is 0. The normalized spacial score (nSPS) is 17.5. The smallest absolute Gasteiger partial charge is 0.408 e. The molecule has 0 spiro atoms. The number of pyridine rings is 1. The summed E-state index contributed by atoms with van der Waals surface area (Å²) in [6, 6.07) is 1.65. The molecule has 1 fully saturated rings. The monoisotopic (exact) mass is 502 g/mol. The largest absolute Gasteiger partial charge is 0.439 e. The number of anilines is 3. The van der Waals surface area contributed by atoms with Gasteiger partial charge < -0.3 is 14.6 Å². The number of halogens is 3. The molecule has 2 aliphatic heterocycles. The van der Waals surface area contributed by atoms with E-state index >= 15 is 0 Å². The van der Waals surface area contributed by atoms with Crippen LogP contribution in [0.1, 0.15) is 29.7 Å². The zero-order chi connectivity index (χ0) is 25.6. The van der Waals surface area contributed by atoms with Gasteiger partial charge in [-0.3, -0.25) is 15.0 Å². The van der Waals surface area contributed by atoms with Gasteiger partial charge in [0.1, 0.15) is 17.4 Å². The van der Waals surface area contributed by atoms with Crippen LogP contribution in [0.25, 0.3) is 11.5 Å². The number of alkyl halides is 3. The molecule has 36 heavy (non-hydrogen) atoms. The molecule has 1 unspecified atom stereocenters. The number of carbonyl (C=O) groups is 2. The lowest BCUT2D eigenvalue weighted by atomic mass is 10.1. The van der Waals surface area contributed by atoms with Crippen LogP contribution in [0.2, 0.25) is 0 Å². The van der Waals surface area contributed by atoms with Gasteiger partial charge in [0.25, 0.3) is 5.91 Å². The SMILES string of the molecule is Cc1ncc(-c2ccnc(NC(=O)N3c4nc(C(=O)N[C@H](C)C(F)(F)F)ccc4N4CCC3C4)n2)o1. The Hall–Kier alpha value is -4.23. The number of rotatable bonds is 4. The molecule has 3 aromatic rings. The van der Waals surface area contributed by atoms with E-state index in [9.17, 15) is 22.8 Å². The summed E-state index contributed by atoms with van der Waals surface area (Å²) in [5.74, 6) is 0.0669. The van der Waals surface area contributed by atoms with E-state index in [1.165, 1.54) is 23.4 Å². The first-order chi connectivity index (χ1) is 17.1. The Kier molecular flexibility index (Phi) is 5.73. The second-order valence-corrected chi connectivity index (χ2v) is 8.47. The third kappa shape index (κ3) is 4.41. The zero-order valence-corrected chi connectivity index (χ0v) is 19.2. The highest BCUT2D eigenvalue weighted by Gasteiger charge is 2.41. The summed E-state index contributed by atoms with van der Waals surface area (Å²) in [4.78, 5) is 45.9. The minimum atomic E-state index is -4.60. The first-order valence-electron chi connectivity index (χ1n) is 11.1. The molecule has 2 N–H and O–H groups in total. The second kappa shape index (κ2) is 8.77. The van der Waals surface area contributed by atoms with E-state index in [0.717, 1.165) is 6.92 Å². The maximum Gasteiger partial charge on any atom is 0.408 e. The fourth-order valence-electron chi connectivity index (χ4n) is 4.14. The summed E-state index contributed by atoms with van der Waals surface area (Å²) in [5, 5.41) is 4.54. The van der Waals surface area contributed by atoms with Crippen molar-refractivity contribution in [1.29, 1.82) is 0 Å². The Balaban J connectivity index is 1.41. The Morgan fingerprint density at radius 3 is 2.72 bits per heavy atom. The summed E-state index contributed by atoms with van der Waals surface area (Å²) in [6.07, 6.45) is -0.985. The van der Waals surface area contributed by atoms with Crippen LogP contribution >= 0.6 is 0 Å². The molecular weight excluding hydrogens is 481 g/mol. The maximum absolute atomic E-state index is 13.4. The van der Waals surface area contributed by atoms with E-state index in [0.29, 0.717) is 42.5 Å². The van der Waals surface area contributed by atoms with Crippen molar-refractivity contribution in [2.75, 3.05) is 28.2 Å². The van der Waals surface area contributed by atoms with Crippen LogP contribution in [0.15, 0.2) is 35.0 Å². The number of aromatic nitrogens is 4. The lowest BCUT2D eigenvalue weighted by molar-refractivity contribution is -0.149. The van der Waals surface area contributed by atoms with Crippen molar-refractivity contribution in [2.24, 2.45) is 0 Å². The predicted octanol–water partition coefficient (Wildman–Crippen LogP) is 3.15. The molecular formula is C22H21F3N8O3. The summed E-state index contributed by atoms with van der Waals surface area (Å²) < 4.78 is 44.2. The maximum atomic E-state index is 13.4. The van der Waals surface area contributed by atoms with E-state index in [1.54, 1.807) is 19.1 Å². The fraction of sp³-hybridized carbons (Fsp3) is 0.364. The number of amides is 3. The zero-order valence-electron chi connectivity index (χ0n) is 19.2. The van der Waals surface area contributed by atoms with Crippen LogP contribution in [0.3, 0.4) is 0 Å². The molecule has 188 valence electrons. The van der Waals surface area contributed by atoms with Gasteiger partial charge in [-0.25, -0.2) is 24.7 Å². The number of carbonyl (C=O) groups excluding carboxylic acids is 2. The molecule has 0 saturated carbocycles. The van der Waals surface area contributed by atoms with Crippen molar-refractivity contribution < 1.29 is 27.2 Å². The van der Waals surface area contributed by atoms with Crippen molar-refractivity contribution in [3.63, 3.8) is 0 Å². The Labute approximate surface area is 202 Å². The van der Waals surface area contributed by atoms with Crippen LogP contribution in [0.5, 0.6) is 0 Å². The third-order valence-corrected chi connectivity index (χ3v) is 5.99. The highest BCUT2D eigenvalue weighted by Crippen LogP contribution is 2.39. The van der Waals surface area contributed by atoms with E-state index in [-0.39, 0.29) is 23.5 Å². The first kappa shape index (κ1) is 23.5. The summed E-state index contributed by atoms with van der Waals surface area (Å²) in [6.45, 7) is 3.75. The van der Waals surface area contributed by atoms with E-state index in [4.69, 9.17) is 4.42 Å². The predicted molar refractivity (Wildman–Crippen MR) is 122 cm³/mol. The summed E-state index contributed by atoms with van der Waals surface area (Å²) >= 11 is 0. The Morgan fingerprint density at radius 1 is 1.19 bits per heavy atom. The molecule has 2 atom stereocenters. The molecule has 0 radical (unpaired) electrons. The molecule has 1 saturated heterocycles. The molecule has 14 heteroatoms. The van der Waals surface area contributed by atoms with Crippen molar-refractivity contribution in [3.8, 4) is 11.5 Å². The standard InChI is InChI=1S/C22H21F3N8O3/c1-11(22(23,24)25)28-19(34)15-3-4-16-18(29-15)33(13-6-8-32(16)10-13)21(35)31-20-26-7-5-14(30-20)17-9-27-12(2)36-17/h3-5,7,9,11,13H,6,8,10H2,1-2H3,(H,28,34)(H,26,30,31,35)/t11-,13?/m1/s1. The molecule has 3 amide bonds. The van der Waals surface area contributed by atoms with E-state index < -0.39 is 24.2 Å². The second-order valence-electron chi connectivity index (χ2n) is 8.47. The van der Waals surface area contributed by atoms with Gasteiger partial charge in [-0.1, -0.05) is 0 Å². The van der Waals surface area contributed by atoms with Crippen LogP contribution < -0.4 is 20.4 Å². The Bertz CT molecular complexity index is 1330. The molecule has 2 aliphatic rings. The van der Waals surface area contributed by atoms with E-state index in [1.807, 2.05) is 10.2 Å². The molecule has 5 rings (SSSR count). The number of nitrogens with zero attached hydrogens (tertiary/aromatic N) is 6. The lowest BCUT2D eigenvalue weighted by Gasteiger charge is -2.35. The van der Waals surface area contributed by atoms with Crippen LogP contribution in [0.4, 0.5) is 35.4 Å². The average molecular weight is 502 g/mol. The number of aryl methyl sites for hydroxylation is 1. The van der Waals surface area contributed by atoms with Gasteiger partial charge in [-0.2, -0.15) is 13.2 Å². The Morgan fingerprint density at radius 2 is 2.00 bits per heavy atom. The molecule has 3 aromatic heterocycles. The third-order valence-electron chi connectivity index (χ3n) is 5.99. The van der Waals surface area contributed by atoms with Gasteiger partial charge in [0.05, 0.1) is 17.9 Å². The van der Waals surface area contributed by atoms with Gasteiger partial charge in [0, 0.05) is 26.2 Å². The van der Waals surface area contributed by atoms with Crippen LogP contribution in [-0.2, 0) is 0 Å². The minimum Gasteiger partial charge on any atom is -0.439 e. The number of hydrogen-bond donors (Lipinski definition) is 2. The fourth-order valence-corrected chi connectivity index (χ4v) is 4.14. The van der Waals surface area contributed by atoms with Gasteiger partial charge in [-0.15, -0.1) is 0 Å². The molecule has 0 aliphatic carbocycles.